The molecular weight excluding hydrogens is 322 g/mol. The van der Waals surface area contributed by atoms with Gasteiger partial charge in [0.05, 0.1) is 10.7 Å². The molecule has 0 N–H and O–H groups in total. The van der Waals surface area contributed by atoms with Crippen molar-refractivity contribution in [2.45, 2.75) is 27.2 Å². The lowest BCUT2D eigenvalue weighted by atomic mass is 10.1. The average Bonchev–Trinajstić information content (AvgIpc) is 2.95. The Bertz CT molecular complexity index is 692. The summed E-state index contributed by atoms with van der Waals surface area (Å²) in [6, 6.07) is 3.84. The Morgan fingerprint density at radius 1 is 1.29 bits per heavy atom. The number of hydrogen-bond donors (Lipinski definition) is 0. The van der Waals surface area contributed by atoms with Crippen molar-refractivity contribution in [3.8, 4) is 0 Å². The second kappa shape index (κ2) is 7.25. The molecule has 1 fully saturated rings. The summed E-state index contributed by atoms with van der Waals surface area (Å²) in [7, 11) is 0. The number of amides is 1. The second-order valence-electron chi connectivity index (χ2n) is 6.47. The molecule has 2 aromatic heterocycles. The van der Waals surface area contributed by atoms with Gasteiger partial charge in [-0.1, -0.05) is 13.8 Å². The summed E-state index contributed by atoms with van der Waals surface area (Å²) in [4.78, 5) is 22.4. The Balaban J connectivity index is 1.67. The van der Waals surface area contributed by atoms with Crippen LogP contribution in [0.1, 0.15) is 34.2 Å². The Kier molecular flexibility index (Phi) is 5.08. The van der Waals surface area contributed by atoms with E-state index in [1.165, 1.54) is 11.3 Å². The van der Waals surface area contributed by atoms with Crippen LogP contribution < -0.4 is 4.90 Å². The molecule has 7 heteroatoms. The zero-order valence-electron chi connectivity index (χ0n) is 14.4. The monoisotopic (exact) mass is 345 g/mol. The molecule has 3 rings (SSSR count). The van der Waals surface area contributed by atoms with E-state index in [1.54, 1.807) is 6.20 Å². The van der Waals surface area contributed by atoms with Crippen molar-refractivity contribution in [1.82, 2.24) is 20.1 Å². The molecule has 2 aromatic rings. The highest BCUT2D eigenvalue weighted by molar-refractivity contribution is 7.13. The number of rotatable bonds is 4. The van der Waals surface area contributed by atoms with E-state index in [0.29, 0.717) is 19.0 Å². The number of anilines is 1. The van der Waals surface area contributed by atoms with Gasteiger partial charge in [-0.25, -0.2) is 4.98 Å². The fraction of sp³-hybridized carbons (Fsp3) is 0.529. The van der Waals surface area contributed by atoms with Gasteiger partial charge in [0.25, 0.3) is 5.91 Å². The van der Waals surface area contributed by atoms with Crippen molar-refractivity contribution in [2.24, 2.45) is 5.92 Å². The fourth-order valence-electron chi connectivity index (χ4n) is 2.91. The number of carbonyl (C=O) groups excluding carboxylic acids is 1. The zero-order valence-corrected chi connectivity index (χ0v) is 15.2. The number of aromatic nitrogens is 3. The number of hydrogen-bond acceptors (Lipinski definition) is 6. The topological polar surface area (TPSA) is 62.2 Å². The molecule has 1 aliphatic rings. The molecule has 0 radical (unpaired) electrons. The van der Waals surface area contributed by atoms with Crippen molar-refractivity contribution < 1.29 is 4.79 Å². The summed E-state index contributed by atoms with van der Waals surface area (Å²) in [6.45, 7) is 9.24. The van der Waals surface area contributed by atoms with E-state index in [9.17, 15) is 4.79 Å². The molecule has 0 spiro atoms. The van der Waals surface area contributed by atoms with E-state index in [-0.39, 0.29) is 5.91 Å². The van der Waals surface area contributed by atoms with Crippen LogP contribution in [0.3, 0.4) is 0 Å². The fourth-order valence-corrected chi connectivity index (χ4v) is 3.82. The normalized spacial score (nSPS) is 15.2. The molecule has 0 saturated carbocycles. The van der Waals surface area contributed by atoms with Crippen LogP contribution in [0.25, 0.3) is 0 Å². The highest BCUT2D eigenvalue weighted by Crippen LogP contribution is 2.23. The minimum atomic E-state index is 0.120. The van der Waals surface area contributed by atoms with Gasteiger partial charge in [-0.3, -0.25) is 4.79 Å². The van der Waals surface area contributed by atoms with Gasteiger partial charge in [-0.15, -0.1) is 16.4 Å². The first-order chi connectivity index (χ1) is 11.5. The third-order valence-electron chi connectivity index (χ3n) is 4.05. The first kappa shape index (κ1) is 16.8. The molecule has 1 aliphatic heterocycles. The van der Waals surface area contributed by atoms with Gasteiger partial charge >= 0.3 is 0 Å². The van der Waals surface area contributed by atoms with E-state index < -0.39 is 0 Å². The van der Waals surface area contributed by atoms with E-state index >= 15 is 0 Å². The molecule has 0 atom stereocenters. The molecule has 128 valence electrons. The molecule has 0 bridgehead atoms. The molecule has 1 amide bonds. The van der Waals surface area contributed by atoms with Crippen molar-refractivity contribution >= 4 is 23.1 Å². The van der Waals surface area contributed by atoms with Crippen LogP contribution in [0.2, 0.25) is 0 Å². The van der Waals surface area contributed by atoms with Crippen LogP contribution >= 0.6 is 11.3 Å². The third-order valence-corrected chi connectivity index (χ3v) is 5.05. The van der Waals surface area contributed by atoms with Gasteiger partial charge in [0.15, 0.2) is 5.82 Å². The third kappa shape index (κ3) is 3.72. The Morgan fingerprint density at radius 3 is 2.67 bits per heavy atom. The molecule has 0 aliphatic carbocycles. The van der Waals surface area contributed by atoms with E-state index in [0.717, 1.165) is 40.9 Å². The standard InChI is InChI=1S/C17H23N5OS/c1-12(2)11-14-16(24-13(3)19-14)17(23)22-9-7-21(8-10-22)15-5-4-6-18-20-15/h4-6,12H,7-11H2,1-3H3. The predicted molar refractivity (Wildman–Crippen MR) is 95.5 cm³/mol. The van der Waals surface area contributed by atoms with Gasteiger partial charge in [0.2, 0.25) is 0 Å². The van der Waals surface area contributed by atoms with Crippen molar-refractivity contribution in [3.05, 3.63) is 33.9 Å². The van der Waals surface area contributed by atoms with Crippen LogP contribution in [0.4, 0.5) is 5.82 Å². The average molecular weight is 345 g/mol. The maximum atomic E-state index is 12.9. The van der Waals surface area contributed by atoms with Gasteiger partial charge in [-0.2, -0.15) is 5.10 Å². The molecule has 6 nitrogen and oxygen atoms in total. The van der Waals surface area contributed by atoms with Gasteiger partial charge < -0.3 is 9.80 Å². The maximum Gasteiger partial charge on any atom is 0.265 e. The minimum Gasteiger partial charge on any atom is -0.352 e. The van der Waals surface area contributed by atoms with E-state index in [2.05, 4.69) is 33.9 Å². The summed E-state index contributed by atoms with van der Waals surface area (Å²) >= 11 is 1.52. The van der Waals surface area contributed by atoms with Crippen molar-refractivity contribution in [2.75, 3.05) is 31.1 Å². The number of piperazine rings is 1. The van der Waals surface area contributed by atoms with Gasteiger partial charge in [0.1, 0.15) is 4.88 Å². The lowest BCUT2D eigenvalue weighted by Gasteiger charge is -2.35. The Labute approximate surface area is 146 Å². The number of thiazole rings is 1. The quantitative estimate of drug-likeness (QED) is 0.851. The number of nitrogens with zero attached hydrogens (tertiary/aromatic N) is 5. The lowest BCUT2D eigenvalue weighted by molar-refractivity contribution is 0.0750. The molecule has 1 saturated heterocycles. The minimum absolute atomic E-state index is 0.120. The van der Waals surface area contributed by atoms with Crippen LogP contribution in [-0.2, 0) is 6.42 Å². The first-order valence-corrected chi connectivity index (χ1v) is 9.14. The second-order valence-corrected chi connectivity index (χ2v) is 7.67. The smallest absolute Gasteiger partial charge is 0.265 e. The Morgan fingerprint density at radius 2 is 2.04 bits per heavy atom. The molecule has 3 heterocycles. The van der Waals surface area contributed by atoms with E-state index in [1.807, 2.05) is 24.0 Å². The van der Waals surface area contributed by atoms with Crippen LogP contribution in [0.15, 0.2) is 18.3 Å². The molecule has 0 aromatic carbocycles. The van der Waals surface area contributed by atoms with Crippen LogP contribution in [0.5, 0.6) is 0 Å². The number of carbonyl (C=O) groups is 1. The summed E-state index contributed by atoms with van der Waals surface area (Å²) in [5.74, 6) is 1.49. The highest BCUT2D eigenvalue weighted by atomic mass is 32.1. The van der Waals surface area contributed by atoms with E-state index in [4.69, 9.17) is 0 Å². The summed E-state index contributed by atoms with van der Waals surface area (Å²) in [6.07, 6.45) is 2.52. The largest absolute Gasteiger partial charge is 0.352 e. The SMILES string of the molecule is Cc1nc(CC(C)C)c(C(=O)N2CCN(c3cccnn3)CC2)s1. The first-order valence-electron chi connectivity index (χ1n) is 8.33. The lowest BCUT2D eigenvalue weighted by Crippen LogP contribution is -2.49. The van der Waals surface area contributed by atoms with Gasteiger partial charge in [0, 0.05) is 32.4 Å². The number of aryl methyl sites for hydroxylation is 1. The van der Waals surface area contributed by atoms with Crippen LogP contribution in [-0.4, -0.2) is 52.2 Å². The summed E-state index contributed by atoms with van der Waals surface area (Å²) in [5, 5.41) is 9.03. The maximum absolute atomic E-state index is 12.9. The molecule has 0 unspecified atom stereocenters. The predicted octanol–water partition coefficient (Wildman–Crippen LogP) is 2.40. The van der Waals surface area contributed by atoms with Crippen molar-refractivity contribution in [1.29, 1.82) is 0 Å². The summed E-state index contributed by atoms with van der Waals surface area (Å²) < 4.78 is 0. The van der Waals surface area contributed by atoms with Crippen LogP contribution in [0, 0.1) is 12.8 Å². The summed E-state index contributed by atoms with van der Waals surface area (Å²) in [5.41, 5.74) is 0.953. The van der Waals surface area contributed by atoms with Gasteiger partial charge in [-0.05, 0) is 31.4 Å². The molecule has 24 heavy (non-hydrogen) atoms. The molecular formula is C17H23N5OS. The Hall–Kier alpha value is -2.02. The van der Waals surface area contributed by atoms with Crippen molar-refractivity contribution in [3.63, 3.8) is 0 Å². The zero-order chi connectivity index (χ0) is 17.1. The highest BCUT2D eigenvalue weighted by Gasteiger charge is 2.26.